The molecule has 19 heavy (non-hydrogen) atoms. The van der Waals surface area contributed by atoms with Crippen molar-refractivity contribution < 1.29 is 4.79 Å². The Morgan fingerprint density at radius 1 is 1.37 bits per heavy atom. The van der Waals surface area contributed by atoms with Gasteiger partial charge in [-0.25, -0.2) is 0 Å². The molecule has 1 aliphatic carbocycles. The summed E-state index contributed by atoms with van der Waals surface area (Å²) in [5.41, 5.74) is 0.604. The maximum atomic E-state index is 12.3. The van der Waals surface area contributed by atoms with Crippen molar-refractivity contribution in [2.24, 2.45) is 5.92 Å². The molecule has 100 valence electrons. The van der Waals surface area contributed by atoms with E-state index in [0.717, 1.165) is 23.1 Å². The molecule has 0 radical (unpaired) electrons. The lowest BCUT2D eigenvalue weighted by atomic mass is 9.86. The van der Waals surface area contributed by atoms with E-state index in [4.69, 9.17) is 5.26 Å². The van der Waals surface area contributed by atoms with E-state index in [2.05, 4.69) is 12.2 Å². The summed E-state index contributed by atoms with van der Waals surface area (Å²) >= 11 is 1.04. The number of rotatable bonds is 3. The first-order valence-electron chi connectivity index (χ1n) is 6.68. The largest absolute Gasteiger partial charge is 0.349 e. The molecule has 1 amide bonds. The predicted octanol–water partition coefficient (Wildman–Crippen LogP) is 3.57. The fourth-order valence-electron chi connectivity index (χ4n) is 2.57. The van der Waals surface area contributed by atoms with E-state index in [1.54, 1.807) is 6.07 Å². The predicted molar refractivity (Wildman–Crippen MR) is 76.8 cm³/mol. The lowest BCUT2D eigenvalue weighted by Gasteiger charge is -2.29. The minimum atomic E-state index is -0.0582. The number of carbonyl (C=O) groups excluding carboxylic acids is 1. The zero-order chi connectivity index (χ0) is 13.7. The van der Waals surface area contributed by atoms with Crippen molar-refractivity contribution in [1.82, 2.24) is 5.32 Å². The summed E-state index contributed by atoms with van der Waals surface area (Å²) < 4.78 is 0. The number of nitrogens with one attached hydrogen (secondary N) is 1. The number of hydrogen-bond acceptors (Lipinski definition) is 3. The normalized spacial score (nSPS) is 22.5. The molecule has 1 aromatic carbocycles. The minimum Gasteiger partial charge on any atom is -0.349 e. The molecule has 1 aliphatic rings. The van der Waals surface area contributed by atoms with Crippen molar-refractivity contribution >= 4 is 17.7 Å². The molecule has 3 nitrogen and oxygen atoms in total. The third kappa shape index (κ3) is 3.51. The number of amides is 1. The van der Waals surface area contributed by atoms with Crippen LogP contribution in [-0.4, -0.2) is 11.9 Å². The van der Waals surface area contributed by atoms with E-state index in [1.165, 1.54) is 19.3 Å². The summed E-state index contributed by atoms with van der Waals surface area (Å²) in [6, 6.07) is 7.54. The summed E-state index contributed by atoms with van der Waals surface area (Å²) in [6.07, 6.45) is 4.68. The van der Waals surface area contributed by atoms with E-state index < -0.39 is 0 Å². The minimum absolute atomic E-state index is 0.0582. The van der Waals surface area contributed by atoms with E-state index >= 15 is 0 Å². The van der Waals surface area contributed by atoms with Gasteiger partial charge in [0.05, 0.1) is 5.56 Å². The SMILES string of the molecule is CC1CCCCC1NC(=O)c1ccccc1SC#N. The molecule has 2 rings (SSSR count). The van der Waals surface area contributed by atoms with Crippen molar-refractivity contribution in [2.45, 2.75) is 43.5 Å². The Balaban J connectivity index is 2.09. The number of hydrogen-bond donors (Lipinski definition) is 1. The molecule has 0 saturated heterocycles. The number of benzene rings is 1. The van der Waals surface area contributed by atoms with Crippen molar-refractivity contribution in [2.75, 3.05) is 0 Å². The zero-order valence-corrected chi connectivity index (χ0v) is 11.9. The van der Waals surface area contributed by atoms with Gasteiger partial charge in [-0.05, 0) is 42.7 Å². The maximum absolute atomic E-state index is 12.3. The Hall–Kier alpha value is -1.47. The van der Waals surface area contributed by atoms with Gasteiger partial charge in [0.1, 0.15) is 5.40 Å². The van der Waals surface area contributed by atoms with Gasteiger partial charge in [-0.15, -0.1) is 0 Å². The van der Waals surface area contributed by atoms with Gasteiger partial charge >= 0.3 is 0 Å². The quantitative estimate of drug-likeness (QED) is 0.677. The molecule has 1 aromatic rings. The van der Waals surface area contributed by atoms with Crippen LogP contribution in [0.15, 0.2) is 29.2 Å². The van der Waals surface area contributed by atoms with Crippen LogP contribution in [0.4, 0.5) is 0 Å². The smallest absolute Gasteiger partial charge is 0.252 e. The monoisotopic (exact) mass is 274 g/mol. The third-order valence-corrected chi connectivity index (χ3v) is 4.38. The zero-order valence-electron chi connectivity index (χ0n) is 11.1. The third-order valence-electron chi connectivity index (χ3n) is 3.72. The van der Waals surface area contributed by atoms with Gasteiger partial charge in [-0.3, -0.25) is 4.79 Å². The Morgan fingerprint density at radius 3 is 2.84 bits per heavy atom. The van der Waals surface area contributed by atoms with Crippen LogP contribution >= 0.6 is 11.8 Å². The lowest BCUT2D eigenvalue weighted by Crippen LogP contribution is -2.41. The molecule has 2 atom stereocenters. The average Bonchev–Trinajstić information content (AvgIpc) is 2.42. The van der Waals surface area contributed by atoms with Gasteiger partial charge < -0.3 is 5.32 Å². The van der Waals surface area contributed by atoms with Gasteiger partial charge in [0.15, 0.2) is 0 Å². The Labute approximate surface area is 118 Å². The van der Waals surface area contributed by atoms with E-state index in [1.807, 2.05) is 23.6 Å². The van der Waals surface area contributed by atoms with Crippen LogP contribution in [0.25, 0.3) is 0 Å². The van der Waals surface area contributed by atoms with Crippen molar-refractivity contribution in [3.8, 4) is 5.40 Å². The summed E-state index contributed by atoms with van der Waals surface area (Å²) in [6.45, 7) is 2.19. The first kappa shape index (κ1) is 14.0. The second-order valence-corrected chi connectivity index (χ2v) is 5.86. The second kappa shape index (κ2) is 6.63. The summed E-state index contributed by atoms with van der Waals surface area (Å²) in [5.74, 6) is 0.477. The molecule has 1 fully saturated rings. The number of carbonyl (C=O) groups is 1. The highest BCUT2D eigenvalue weighted by Crippen LogP contribution is 2.25. The number of thioether (sulfide) groups is 1. The highest BCUT2D eigenvalue weighted by Gasteiger charge is 2.24. The van der Waals surface area contributed by atoms with Crippen LogP contribution in [0.2, 0.25) is 0 Å². The molecular formula is C15H18N2OS. The Bertz CT molecular complexity index is 495. The lowest BCUT2D eigenvalue weighted by molar-refractivity contribution is 0.0907. The van der Waals surface area contributed by atoms with Gasteiger partial charge in [0, 0.05) is 10.9 Å². The molecule has 1 saturated carbocycles. The first-order chi connectivity index (χ1) is 9.22. The maximum Gasteiger partial charge on any atom is 0.252 e. The van der Waals surface area contributed by atoms with Crippen molar-refractivity contribution in [3.05, 3.63) is 29.8 Å². The van der Waals surface area contributed by atoms with E-state index in [9.17, 15) is 4.79 Å². The van der Waals surface area contributed by atoms with Gasteiger partial charge in [0.25, 0.3) is 5.91 Å². The molecule has 0 aromatic heterocycles. The Morgan fingerprint density at radius 2 is 2.11 bits per heavy atom. The van der Waals surface area contributed by atoms with E-state index in [0.29, 0.717) is 11.5 Å². The molecule has 2 unspecified atom stereocenters. The summed E-state index contributed by atoms with van der Waals surface area (Å²) in [5, 5.41) is 13.9. The molecular weight excluding hydrogens is 256 g/mol. The van der Waals surface area contributed by atoms with Crippen LogP contribution in [0.1, 0.15) is 43.0 Å². The van der Waals surface area contributed by atoms with E-state index in [-0.39, 0.29) is 11.9 Å². The summed E-state index contributed by atoms with van der Waals surface area (Å²) in [4.78, 5) is 13.0. The van der Waals surface area contributed by atoms with Crippen LogP contribution in [0.5, 0.6) is 0 Å². The average molecular weight is 274 g/mol. The van der Waals surface area contributed by atoms with Crippen LogP contribution < -0.4 is 5.32 Å². The van der Waals surface area contributed by atoms with Crippen molar-refractivity contribution in [3.63, 3.8) is 0 Å². The Kier molecular flexibility index (Phi) is 4.86. The van der Waals surface area contributed by atoms with Gasteiger partial charge in [-0.1, -0.05) is 31.9 Å². The molecule has 4 heteroatoms. The van der Waals surface area contributed by atoms with Crippen molar-refractivity contribution in [1.29, 1.82) is 5.26 Å². The van der Waals surface area contributed by atoms with Gasteiger partial charge in [0.2, 0.25) is 0 Å². The summed E-state index contributed by atoms with van der Waals surface area (Å²) in [7, 11) is 0. The number of nitriles is 1. The first-order valence-corrected chi connectivity index (χ1v) is 7.50. The number of nitrogens with zero attached hydrogens (tertiary/aromatic N) is 1. The molecule has 0 heterocycles. The topological polar surface area (TPSA) is 52.9 Å². The van der Waals surface area contributed by atoms with Gasteiger partial charge in [-0.2, -0.15) is 5.26 Å². The molecule has 0 aliphatic heterocycles. The molecule has 1 N–H and O–H groups in total. The standard InChI is InChI=1S/C15H18N2OS/c1-11-6-2-4-8-13(11)17-15(18)12-7-3-5-9-14(12)19-10-16/h3,5,7,9,11,13H,2,4,6,8H2,1H3,(H,17,18). The van der Waals surface area contributed by atoms with Crippen LogP contribution in [-0.2, 0) is 0 Å². The molecule has 0 bridgehead atoms. The highest BCUT2D eigenvalue weighted by atomic mass is 32.2. The molecule has 0 spiro atoms. The highest BCUT2D eigenvalue weighted by molar-refractivity contribution is 8.03. The van der Waals surface area contributed by atoms with Crippen LogP contribution in [0.3, 0.4) is 0 Å². The second-order valence-electron chi connectivity index (χ2n) is 5.03. The van der Waals surface area contributed by atoms with Crippen LogP contribution in [0, 0.1) is 16.6 Å². The fraction of sp³-hybridized carbons (Fsp3) is 0.467. The number of thiocyanates is 1. The fourth-order valence-corrected chi connectivity index (χ4v) is 3.08.